The fraction of sp³-hybridized carbons (Fsp3) is 1.00. The van der Waals surface area contributed by atoms with Gasteiger partial charge in [0.25, 0.3) is 0 Å². The lowest BCUT2D eigenvalue weighted by molar-refractivity contribution is 0.225. The van der Waals surface area contributed by atoms with Crippen LogP contribution in [0.5, 0.6) is 0 Å². The Morgan fingerprint density at radius 1 is 0.818 bits per heavy atom. The summed E-state index contributed by atoms with van der Waals surface area (Å²) < 4.78 is 34.1. The van der Waals surface area contributed by atoms with Crippen molar-refractivity contribution in [3.8, 4) is 0 Å². The van der Waals surface area contributed by atoms with Gasteiger partial charge in [0.2, 0.25) is 0 Å². The zero-order chi connectivity index (χ0) is 17.4. The first-order valence-corrected chi connectivity index (χ1v) is 9.81. The molecule has 136 valence electrons. The van der Waals surface area contributed by atoms with Crippen LogP contribution in [0.15, 0.2) is 0 Å². The van der Waals surface area contributed by atoms with E-state index in [0.29, 0.717) is 12.5 Å². The first-order valence-electron chi connectivity index (χ1n) is 8.48. The van der Waals surface area contributed by atoms with Gasteiger partial charge in [-0.15, -0.1) is 0 Å². The van der Waals surface area contributed by atoms with Gasteiger partial charge < -0.3 is 14.2 Å². The van der Waals surface area contributed by atoms with Crippen LogP contribution in [0.3, 0.4) is 0 Å². The number of hydrogen-bond acceptors (Lipinski definition) is 5. The van der Waals surface area contributed by atoms with Crippen molar-refractivity contribution < 1.29 is 22.6 Å². The van der Waals surface area contributed by atoms with Gasteiger partial charge in [-0.3, -0.25) is 8.42 Å². The molecule has 0 aliphatic rings. The first-order chi connectivity index (χ1) is 10.2. The monoisotopic (exact) mass is 338 g/mol. The number of rotatable bonds is 12. The third-order valence-corrected chi connectivity index (χ3v) is 3.76. The van der Waals surface area contributed by atoms with Crippen LogP contribution in [-0.4, -0.2) is 29.2 Å². The minimum absolute atomic E-state index is 0.353. The van der Waals surface area contributed by atoms with E-state index in [0.717, 1.165) is 5.92 Å². The number of aliphatic hydroxyl groups excluding tert-OH is 1. The summed E-state index contributed by atoms with van der Waals surface area (Å²) >= 11 is 0. The molecule has 1 N–H and O–H groups in total. The molecule has 0 rings (SSSR count). The first kappa shape index (κ1) is 24.1. The molecule has 6 heteroatoms. The van der Waals surface area contributed by atoms with E-state index in [1.54, 1.807) is 0 Å². The zero-order valence-electron chi connectivity index (χ0n) is 14.4. The maximum atomic E-state index is 8.94. The van der Waals surface area contributed by atoms with Crippen LogP contribution in [0, 0.1) is 11.8 Å². The minimum Gasteiger partial charge on any atom is -0.759 e. The molecule has 22 heavy (non-hydrogen) atoms. The highest BCUT2D eigenvalue weighted by atomic mass is 32.3. The summed E-state index contributed by atoms with van der Waals surface area (Å²) in [5.74, 6) is 1.38. The highest BCUT2D eigenvalue weighted by molar-refractivity contribution is 7.79. The van der Waals surface area contributed by atoms with Gasteiger partial charge in [0.05, 0.1) is 0 Å². The highest BCUT2D eigenvalue weighted by Gasteiger charge is 2.04. The molecule has 0 saturated carbocycles. The van der Waals surface area contributed by atoms with Crippen molar-refractivity contribution in [3.63, 3.8) is 0 Å². The van der Waals surface area contributed by atoms with E-state index in [1.807, 2.05) is 0 Å². The summed E-state index contributed by atoms with van der Waals surface area (Å²) in [4.78, 5) is 0. The lowest BCUT2D eigenvalue weighted by Gasteiger charge is -2.12. The maximum Gasteiger partial charge on any atom is 0.0456 e. The number of unbranched alkanes of at least 4 members (excludes halogenated alkanes) is 5. The predicted molar refractivity (Wildman–Crippen MR) is 87.7 cm³/mol. The molecule has 0 bridgehead atoms. The van der Waals surface area contributed by atoms with E-state index in [1.165, 1.54) is 64.2 Å². The minimum atomic E-state index is -5.17. The molecule has 2 atom stereocenters. The Morgan fingerprint density at radius 3 is 1.73 bits per heavy atom. The van der Waals surface area contributed by atoms with Crippen molar-refractivity contribution in [1.29, 1.82) is 0 Å². The van der Waals surface area contributed by atoms with Crippen LogP contribution in [0.25, 0.3) is 0 Å². The molecule has 0 aromatic rings. The van der Waals surface area contributed by atoms with Gasteiger partial charge in [0.1, 0.15) is 0 Å². The van der Waals surface area contributed by atoms with Crippen LogP contribution in [-0.2, 0) is 10.4 Å². The Hall–Kier alpha value is -0.170. The fourth-order valence-corrected chi connectivity index (χ4v) is 2.32. The van der Waals surface area contributed by atoms with E-state index in [4.69, 9.17) is 22.6 Å². The average Bonchev–Trinajstić information content (AvgIpc) is 2.40. The van der Waals surface area contributed by atoms with Crippen molar-refractivity contribution >= 4 is 10.4 Å². The molecule has 0 spiro atoms. The van der Waals surface area contributed by atoms with E-state index < -0.39 is 10.4 Å². The molecular formula is C16H34O5S-2. The second kappa shape index (κ2) is 15.7. The van der Waals surface area contributed by atoms with Crippen LogP contribution < -0.4 is 0 Å². The van der Waals surface area contributed by atoms with Gasteiger partial charge in [-0.2, -0.15) is 0 Å². The van der Waals surface area contributed by atoms with E-state index in [9.17, 15) is 0 Å². The molecule has 0 radical (unpaired) electrons. The molecular weight excluding hydrogens is 304 g/mol. The molecule has 0 aliphatic carbocycles. The summed E-state index contributed by atoms with van der Waals surface area (Å²) in [5, 5.41) is 8.94. The zero-order valence-corrected chi connectivity index (χ0v) is 15.2. The van der Waals surface area contributed by atoms with E-state index in [-0.39, 0.29) is 0 Å². The van der Waals surface area contributed by atoms with Crippen molar-refractivity contribution in [2.75, 3.05) is 6.61 Å². The van der Waals surface area contributed by atoms with Crippen molar-refractivity contribution in [2.24, 2.45) is 11.8 Å². The Kier molecular flexibility index (Phi) is 17.2. The third kappa shape index (κ3) is 28.1. The molecule has 0 aromatic heterocycles. The Labute approximate surface area is 137 Å². The second-order valence-electron chi connectivity index (χ2n) is 6.29. The van der Waals surface area contributed by atoms with E-state index >= 15 is 0 Å². The Balaban J connectivity index is 0. The smallest absolute Gasteiger partial charge is 0.0456 e. The number of hydrogen-bond donors (Lipinski definition) is 1. The van der Waals surface area contributed by atoms with Crippen molar-refractivity contribution in [1.82, 2.24) is 0 Å². The SMILES string of the molecule is CCCCCCCCC(C)CCCC(C)CO.O=S(=O)([O-])[O-]. The Bertz CT molecular complexity index is 308. The lowest BCUT2D eigenvalue weighted by Crippen LogP contribution is -2.02. The third-order valence-electron chi connectivity index (χ3n) is 3.76. The van der Waals surface area contributed by atoms with Crippen LogP contribution in [0.1, 0.15) is 85.0 Å². The molecule has 0 aliphatic heterocycles. The predicted octanol–water partition coefficient (Wildman–Crippen LogP) is 3.83. The van der Waals surface area contributed by atoms with Crippen molar-refractivity contribution in [2.45, 2.75) is 85.0 Å². The standard InChI is InChI=1S/C16H34O.H2O4S/c1-4-5-6-7-8-9-11-15(2)12-10-13-16(3)14-17;1-5(2,3)4/h15-17H,4-14H2,1-3H3;(H2,1,2,3,4)/p-2. The fourth-order valence-electron chi connectivity index (χ4n) is 2.32. The molecule has 5 nitrogen and oxygen atoms in total. The van der Waals surface area contributed by atoms with Gasteiger partial charge in [-0.05, 0) is 18.3 Å². The van der Waals surface area contributed by atoms with Crippen molar-refractivity contribution in [3.05, 3.63) is 0 Å². The van der Waals surface area contributed by atoms with E-state index in [2.05, 4.69) is 20.8 Å². The lowest BCUT2D eigenvalue weighted by atomic mass is 9.94. The average molecular weight is 339 g/mol. The summed E-state index contributed by atoms with van der Waals surface area (Å²) in [7, 11) is -5.17. The molecule has 0 fully saturated rings. The normalized spacial score (nSPS) is 14.1. The Morgan fingerprint density at radius 2 is 1.23 bits per heavy atom. The molecule has 0 heterocycles. The summed E-state index contributed by atoms with van der Waals surface area (Å²) in [6.45, 7) is 7.15. The topological polar surface area (TPSA) is 100 Å². The van der Waals surface area contributed by atoms with Crippen LogP contribution in [0.2, 0.25) is 0 Å². The molecule has 0 saturated heterocycles. The summed E-state index contributed by atoms with van der Waals surface area (Å²) in [6.07, 6.45) is 13.7. The van der Waals surface area contributed by atoms with Gasteiger partial charge in [-0.1, -0.05) is 78.6 Å². The van der Waals surface area contributed by atoms with Gasteiger partial charge in [0.15, 0.2) is 0 Å². The van der Waals surface area contributed by atoms with Crippen LogP contribution >= 0.6 is 0 Å². The quantitative estimate of drug-likeness (QED) is 0.331. The molecule has 2 unspecified atom stereocenters. The van der Waals surface area contributed by atoms with Crippen LogP contribution in [0.4, 0.5) is 0 Å². The molecule has 0 aromatic carbocycles. The van der Waals surface area contributed by atoms with Gasteiger partial charge >= 0.3 is 0 Å². The largest absolute Gasteiger partial charge is 0.759 e. The summed E-state index contributed by atoms with van der Waals surface area (Å²) in [6, 6.07) is 0. The number of aliphatic hydroxyl groups is 1. The highest BCUT2D eigenvalue weighted by Crippen LogP contribution is 2.18. The molecule has 0 amide bonds. The summed E-state index contributed by atoms with van der Waals surface area (Å²) in [5.41, 5.74) is 0. The second-order valence-corrected chi connectivity index (χ2v) is 7.11. The van der Waals surface area contributed by atoms with Gasteiger partial charge in [-0.25, -0.2) is 0 Å². The van der Waals surface area contributed by atoms with Gasteiger partial charge in [0, 0.05) is 17.0 Å². The maximum absolute atomic E-state index is 8.94.